The molecule has 0 radical (unpaired) electrons. The third-order valence-electron chi connectivity index (χ3n) is 3.07. The highest BCUT2D eigenvalue weighted by Crippen LogP contribution is 2.23. The van der Waals surface area contributed by atoms with Gasteiger partial charge >= 0.3 is 0 Å². The summed E-state index contributed by atoms with van der Waals surface area (Å²) in [5.74, 6) is 0.834. The van der Waals surface area contributed by atoms with Crippen molar-refractivity contribution in [1.82, 2.24) is 15.6 Å². The van der Waals surface area contributed by atoms with Gasteiger partial charge in [0.2, 0.25) is 0 Å². The van der Waals surface area contributed by atoms with E-state index < -0.39 is 0 Å². The molecule has 6 heteroatoms. The summed E-state index contributed by atoms with van der Waals surface area (Å²) in [5.41, 5.74) is 2.49. The monoisotopic (exact) mass is 336 g/mol. The van der Waals surface area contributed by atoms with Gasteiger partial charge in [-0.25, -0.2) is 9.98 Å². The van der Waals surface area contributed by atoms with Gasteiger partial charge in [-0.2, -0.15) is 11.3 Å². The van der Waals surface area contributed by atoms with E-state index in [2.05, 4.69) is 65.5 Å². The zero-order valence-corrected chi connectivity index (χ0v) is 15.3. The largest absolute Gasteiger partial charge is 0.357 e. The number of thiophene rings is 1. The van der Waals surface area contributed by atoms with Gasteiger partial charge in [0.1, 0.15) is 5.01 Å². The number of aliphatic imine (C=N–C) groups is 1. The van der Waals surface area contributed by atoms with Crippen LogP contribution >= 0.6 is 22.7 Å². The zero-order chi connectivity index (χ0) is 16.0. The molecule has 2 rings (SSSR count). The lowest BCUT2D eigenvalue weighted by Crippen LogP contribution is -2.36. The zero-order valence-electron chi connectivity index (χ0n) is 13.6. The molecular weight excluding hydrogens is 312 g/mol. The molecule has 0 aliphatic carbocycles. The van der Waals surface area contributed by atoms with Crippen LogP contribution < -0.4 is 10.6 Å². The summed E-state index contributed by atoms with van der Waals surface area (Å²) in [7, 11) is 0. The van der Waals surface area contributed by atoms with Crippen LogP contribution in [0.5, 0.6) is 0 Å². The van der Waals surface area contributed by atoms with Crippen LogP contribution in [-0.4, -0.2) is 17.5 Å². The van der Waals surface area contributed by atoms with E-state index in [1.165, 1.54) is 5.56 Å². The second-order valence-electron chi connectivity index (χ2n) is 6.06. The smallest absolute Gasteiger partial charge is 0.191 e. The van der Waals surface area contributed by atoms with Crippen LogP contribution in [0, 0.1) is 0 Å². The Morgan fingerprint density at radius 3 is 2.68 bits per heavy atom. The first-order valence-electron chi connectivity index (χ1n) is 7.47. The van der Waals surface area contributed by atoms with Gasteiger partial charge in [-0.05, 0) is 29.3 Å². The van der Waals surface area contributed by atoms with Crippen LogP contribution in [0.4, 0.5) is 0 Å². The molecule has 120 valence electrons. The Morgan fingerprint density at radius 2 is 2.09 bits per heavy atom. The van der Waals surface area contributed by atoms with E-state index in [-0.39, 0.29) is 5.41 Å². The van der Waals surface area contributed by atoms with Gasteiger partial charge in [0.25, 0.3) is 0 Å². The first kappa shape index (κ1) is 17.0. The Hall–Kier alpha value is -1.40. The van der Waals surface area contributed by atoms with E-state index in [1.807, 2.05) is 0 Å². The highest BCUT2D eigenvalue weighted by atomic mass is 32.1. The Balaban J connectivity index is 1.93. The van der Waals surface area contributed by atoms with Crippen molar-refractivity contribution in [1.29, 1.82) is 0 Å². The van der Waals surface area contributed by atoms with Crippen molar-refractivity contribution in [2.45, 2.75) is 46.2 Å². The number of hydrogen-bond donors (Lipinski definition) is 2. The quantitative estimate of drug-likeness (QED) is 0.646. The lowest BCUT2D eigenvalue weighted by atomic mass is 9.93. The molecule has 0 unspecified atom stereocenters. The number of nitrogens with zero attached hydrogens (tertiary/aromatic N) is 2. The summed E-state index contributed by atoms with van der Waals surface area (Å²) in [6.07, 6.45) is 0. The maximum Gasteiger partial charge on any atom is 0.191 e. The highest BCUT2D eigenvalue weighted by Gasteiger charge is 2.17. The normalized spacial score (nSPS) is 12.5. The maximum atomic E-state index is 4.70. The van der Waals surface area contributed by atoms with Gasteiger partial charge in [0.15, 0.2) is 5.96 Å². The summed E-state index contributed by atoms with van der Waals surface area (Å²) in [4.78, 5) is 9.30. The van der Waals surface area contributed by atoms with Crippen LogP contribution in [0.1, 0.15) is 44.0 Å². The SMILES string of the molecule is CCNC(=NCc1ccsc1)NCc1nc(C(C)(C)C)cs1. The van der Waals surface area contributed by atoms with Crippen molar-refractivity contribution < 1.29 is 0 Å². The van der Waals surface area contributed by atoms with Crippen LogP contribution in [0.15, 0.2) is 27.2 Å². The molecule has 22 heavy (non-hydrogen) atoms. The first-order chi connectivity index (χ1) is 10.5. The summed E-state index contributed by atoms with van der Waals surface area (Å²) in [6.45, 7) is 10.9. The van der Waals surface area contributed by atoms with Crippen LogP contribution in [0.2, 0.25) is 0 Å². The fourth-order valence-electron chi connectivity index (χ4n) is 1.79. The van der Waals surface area contributed by atoms with Crippen molar-refractivity contribution in [3.63, 3.8) is 0 Å². The third-order valence-corrected chi connectivity index (χ3v) is 4.65. The molecule has 0 saturated carbocycles. The fourth-order valence-corrected chi connectivity index (χ4v) is 3.41. The molecule has 4 nitrogen and oxygen atoms in total. The average molecular weight is 337 g/mol. The molecule has 2 aromatic heterocycles. The molecule has 0 aliphatic heterocycles. The minimum absolute atomic E-state index is 0.103. The van der Waals surface area contributed by atoms with Gasteiger partial charge in [0, 0.05) is 17.3 Å². The Labute approximate surface area is 140 Å². The summed E-state index contributed by atoms with van der Waals surface area (Å²) in [5, 5.41) is 14.1. The predicted molar refractivity (Wildman–Crippen MR) is 96.8 cm³/mol. The van der Waals surface area contributed by atoms with Crippen molar-refractivity contribution >= 4 is 28.6 Å². The van der Waals surface area contributed by atoms with Crippen LogP contribution in [-0.2, 0) is 18.5 Å². The van der Waals surface area contributed by atoms with Gasteiger partial charge in [0.05, 0.1) is 18.8 Å². The number of rotatable bonds is 5. The van der Waals surface area contributed by atoms with Crippen LogP contribution in [0.3, 0.4) is 0 Å². The number of aromatic nitrogens is 1. The van der Waals surface area contributed by atoms with Gasteiger partial charge in [-0.1, -0.05) is 20.8 Å². The van der Waals surface area contributed by atoms with Crippen molar-refractivity contribution in [3.05, 3.63) is 38.5 Å². The highest BCUT2D eigenvalue weighted by molar-refractivity contribution is 7.09. The third kappa shape index (κ3) is 5.10. The van der Waals surface area contributed by atoms with E-state index in [9.17, 15) is 0 Å². The lowest BCUT2D eigenvalue weighted by Gasteiger charge is -2.14. The Bertz CT molecular complexity index is 594. The van der Waals surface area contributed by atoms with Crippen molar-refractivity contribution in [2.75, 3.05) is 6.54 Å². The molecule has 0 amide bonds. The van der Waals surface area contributed by atoms with Crippen LogP contribution in [0.25, 0.3) is 0 Å². The van der Waals surface area contributed by atoms with Gasteiger partial charge in [-0.3, -0.25) is 0 Å². The fraction of sp³-hybridized carbons (Fsp3) is 0.500. The molecule has 0 bridgehead atoms. The van der Waals surface area contributed by atoms with E-state index >= 15 is 0 Å². The predicted octanol–water partition coefficient (Wildman–Crippen LogP) is 3.76. The molecule has 0 aromatic carbocycles. The molecule has 2 aromatic rings. The van der Waals surface area contributed by atoms with E-state index in [1.54, 1.807) is 22.7 Å². The average Bonchev–Trinajstić information content (AvgIpc) is 3.12. The first-order valence-corrected chi connectivity index (χ1v) is 9.29. The molecule has 0 aliphatic rings. The second-order valence-corrected chi connectivity index (χ2v) is 7.78. The summed E-state index contributed by atoms with van der Waals surface area (Å²) >= 11 is 3.40. The number of thiazole rings is 1. The topological polar surface area (TPSA) is 49.3 Å². The molecule has 2 heterocycles. The van der Waals surface area contributed by atoms with Gasteiger partial charge < -0.3 is 10.6 Å². The molecule has 0 atom stereocenters. The minimum Gasteiger partial charge on any atom is -0.357 e. The van der Waals surface area contributed by atoms with E-state index in [0.29, 0.717) is 13.1 Å². The second kappa shape index (κ2) is 7.74. The molecule has 0 spiro atoms. The summed E-state index contributed by atoms with van der Waals surface area (Å²) < 4.78 is 0. The minimum atomic E-state index is 0.103. The van der Waals surface area contributed by atoms with Crippen molar-refractivity contribution in [2.24, 2.45) is 4.99 Å². The number of guanidine groups is 1. The maximum absolute atomic E-state index is 4.70. The standard InChI is InChI=1S/C16H24N4S2/c1-5-17-15(18-8-12-6-7-21-10-12)19-9-14-20-13(11-22-14)16(2,3)4/h6-7,10-11H,5,8-9H2,1-4H3,(H2,17,18,19). The Kier molecular flexibility index (Phi) is 5.97. The number of nitrogens with one attached hydrogen (secondary N) is 2. The number of hydrogen-bond acceptors (Lipinski definition) is 4. The molecular formula is C16H24N4S2. The van der Waals surface area contributed by atoms with E-state index in [4.69, 9.17) is 4.98 Å². The summed E-state index contributed by atoms with van der Waals surface area (Å²) in [6, 6.07) is 2.11. The van der Waals surface area contributed by atoms with Crippen molar-refractivity contribution in [3.8, 4) is 0 Å². The van der Waals surface area contributed by atoms with E-state index in [0.717, 1.165) is 23.2 Å². The molecule has 2 N–H and O–H groups in total. The molecule has 0 saturated heterocycles. The lowest BCUT2D eigenvalue weighted by molar-refractivity contribution is 0.570. The van der Waals surface area contributed by atoms with Gasteiger partial charge in [-0.15, -0.1) is 11.3 Å². The Morgan fingerprint density at radius 1 is 1.27 bits per heavy atom. The molecule has 0 fully saturated rings.